The number of fused-ring (bicyclic) bond motifs is 1. The van der Waals surface area contributed by atoms with Gasteiger partial charge in [-0.25, -0.2) is 0 Å². The molecule has 0 unspecified atom stereocenters. The van der Waals surface area contributed by atoms with Gasteiger partial charge >= 0.3 is 0 Å². The largest absolute Gasteiger partial charge is 0.389 e. The number of rotatable bonds is 2. The minimum Gasteiger partial charge on any atom is -0.389 e. The highest BCUT2D eigenvalue weighted by atomic mass is 32.1. The van der Waals surface area contributed by atoms with E-state index in [4.69, 9.17) is 5.11 Å². The van der Waals surface area contributed by atoms with Gasteiger partial charge in [0.05, 0.1) is 6.61 Å². The Hall–Kier alpha value is -1.01. The van der Waals surface area contributed by atoms with E-state index in [0.717, 1.165) is 10.8 Å². The Morgan fingerprint density at radius 3 is 3.00 bits per heavy atom. The summed E-state index contributed by atoms with van der Waals surface area (Å²) in [6, 6.07) is 0. The van der Waals surface area contributed by atoms with E-state index in [0.29, 0.717) is 10.9 Å². The minimum absolute atomic E-state index is 0.0157. The minimum atomic E-state index is -0.0157. The van der Waals surface area contributed by atoms with E-state index in [-0.39, 0.29) is 6.61 Å². The number of nitrogens with zero attached hydrogens (tertiary/aromatic N) is 4. The van der Waals surface area contributed by atoms with Crippen LogP contribution in [0.2, 0.25) is 0 Å². The molecular formula is C7H8N4OS. The summed E-state index contributed by atoms with van der Waals surface area (Å²) in [5.41, 5.74) is 0. The maximum absolute atomic E-state index is 8.89. The van der Waals surface area contributed by atoms with Crippen LogP contribution in [-0.4, -0.2) is 24.9 Å². The summed E-state index contributed by atoms with van der Waals surface area (Å²) in [5.74, 6) is 1.49. The van der Waals surface area contributed by atoms with E-state index in [1.54, 1.807) is 4.52 Å². The highest BCUT2D eigenvalue weighted by Gasteiger charge is 2.29. The van der Waals surface area contributed by atoms with Crippen molar-refractivity contribution in [1.29, 1.82) is 0 Å². The first-order chi connectivity index (χ1) is 6.38. The quantitative estimate of drug-likeness (QED) is 0.762. The molecule has 68 valence electrons. The van der Waals surface area contributed by atoms with Crippen LogP contribution in [0, 0.1) is 0 Å². The highest BCUT2D eigenvalue weighted by Crippen LogP contribution is 2.39. The second-order valence-electron chi connectivity index (χ2n) is 3.18. The zero-order valence-corrected chi connectivity index (χ0v) is 7.66. The zero-order valence-electron chi connectivity index (χ0n) is 6.84. The van der Waals surface area contributed by atoms with Gasteiger partial charge in [-0.05, 0) is 12.8 Å². The van der Waals surface area contributed by atoms with Crippen LogP contribution in [0.3, 0.4) is 0 Å². The van der Waals surface area contributed by atoms with Crippen molar-refractivity contribution in [2.75, 3.05) is 0 Å². The molecule has 1 aliphatic carbocycles. The van der Waals surface area contributed by atoms with Crippen molar-refractivity contribution < 1.29 is 5.11 Å². The molecule has 13 heavy (non-hydrogen) atoms. The molecule has 0 amide bonds. The molecular weight excluding hydrogens is 188 g/mol. The van der Waals surface area contributed by atoms with Gasteiger partial charge in [0.1, 0.15) is 5.01 Å². The summed E-state index contributed by atoms with van der Waals surface area (Å²) < 4.78 is 1.76. The van der Waals surface area contributed by atoms with Gasteiger partial charge in [-0.3, -0.25) is 0 Å². The van der Waals surface area contributed by atoms with Crippen LogP contribution in [0.25, 0.3) is 4.96 Å². The maximum atomic E-state index is 8.89. The zero-order chi connectivity index (χ0) is 8.84. The van der Waals surface area contributed by atoms with Crippen molar-refractivity contribution >= 4 is 16.3 Å². The topological polar surface area (TPSA) is 63.3 Å². The van der Waals surface area contributed by atoms with Gasteiger partial charge in [-0.1, -0.05) is 11.3 Å². The molecule has 0 atom stereocenters. The molecule has 1 N–H and O–H groups in total. The first-order valence-electron chi connectivity index (χ1n) is 4.20. The van der Waals surface area contributed by atoms with Gasteiger partial charge in [0.2, 0.25) is 4.96 Å². The summed E-state index contributed by atoms with van der Waals surface area (Å²) >= 11 is 1.39. The van der Waals surface area contributed by atoms with Crippen molar-refractivity contribution in [3.8, 4) is 0 Å². The molecule has 1 saturated carbocycles. The molecule has 1 aliphatic rings. The van der Waals surface area contributed by atoms with Crippen LogP contribution in [0.4, 0.5) is 0 Å². The Morgan fingerprint density at radius 1 is 1.46 bits per heavy atom. The van der Waals surface area contributed by atoms with Gasteiger partial charge in [0.15, 0.2) is 5.82 Å². The Kier molecular flexibility index (Phi) is 1.42. The average Bonchev–Trinajstić information content (AvgIpc) is 2.78. The molecule has 1 fully saturated rings. The molecule has 6 heteroatoms. The predicted molar refractivity (Wildman–Crippen MR) is 46.6 cm³/mol. The van der Waals surface area contributed by atoms with Crippen LogP contribution >= 0.6 is 11.3 Å². The van der Waals surface area contributed by atoms with Gasteiger partial charge in [0.25, 0.3) is 0 Å². The molecule has 2 aromatic rings. The molecule has 3 rings (SSSR count). The van der Waals surface area contributed by atoms with E-state index >= 15 is 0 Å². The lowest BCUT2D eigenvalue weighted by molar-refractivity contribution is 0.279. The van der Waals surface area contributed by atoms with Crippen molar-refractivity contribution in [3.05, 3.63) is 10.8 Å². The Labute approximate surface area is 78.0 Å². The van der Waals surface area contributed by atoms with Crippen molar-refractivity contribution in [2.45, 2.75) is 25.4 Å². The van der Waals surface area contributed by atoms with Gasteiger partial charge in [-0.2, -0.15) is 9.61 Å². The Balaban J connectivity index is 2.18. The highest BCUT2D eigenvalue weighted by molar-refractivity contribution is 7.16. The van der Waals surface area contributed by atoms with E-state index < -0.39 is 0 Å². The molecule has 2 aromatic heterocycles. The van der Waals surface area contributed by atoms with Gasteiger partial charge in [0, 0.05) is 5.92 Å². The molecule has 5 nitrogen and oxygen atoms in total. The summed E-state index contributed by atoms with van der Waals surface area (Å²) in [4.78, 5) is 0.783. The lowest BCUT2D eigenvalue weighted by Crippen LogP contribution is -1.94. The number of aliphatic hydroxyl groups excluding tert-OH is 1. The third-order valence-electron chi connectivity index (χ3n) is 2.13. The lowest BCUT2D eigenvalue weighted by Gasteiger charge is -1.88. The summed E-state index contributed by atoms with van der Waals surface area (Å²) in [6.07, 6.45) is 2.37. The van der Waals surface area contributed by atoms with Crippen LogP contribution in [0.1, 0.15) is 29.6 Å². The lowest BCUT2D eigenvalue weighted by atomic mass is 10.4. The monoisotopic (exact) mass is 196 g/mol. The second kappa shape index (κ2) is 2.49. The van der Waals surface area contributed by atoms with E-state index in [9.17, 15) is 0 Å². The van der Waals surface area contributed by atoms with E-state index in [2.05, 4.69) is 15.3 Å². The Bertz CT molecular complexity index is 444. The smallest absolute Gasteiger partial charge is 0.234 e. The number of aliphatic hydroxyl groups is 1. The average molecular weight is 196 g/mol. The van der Waals surface area contributed by atoms with Crippen LogP contribution in [0.15, 0.2) is 0 Å². The molecule has 0 radical (unpaired) electrons. The third-order valence-corrected chi connectivity index (χ3v) is 3.02. The van der Waals surface area contributed by atoms with Crippen molar-refractivity contribution in [3.63, 3.8) is 0 Å². The maximum Gasteiger partial charge on any atom is 0.234 e. The van der Waals surface area contributed by atoms with Gasteiger partial charge in [-0.15, -0.1) is 10.2 Å². The SMILES string of the molecule is OCc1nn2c(C3CC3)nnc2s1. The molecule has 0 saturated heterocycles. The van der Waals surface area contributed by atoms with Crippen LogP contribution in [-0.2, 0) is 6.61 Å². The fraction of sp³-hybridized carbons (Fsp3) is 0.571. The van der Waals surface area contributed by atoms with Crippen LogP contribution < -0.4 is 0 Å². The number of aromatic nitrogens is 4. The fourth-order valence-corrected chi connectivity index (χ4v) is 2.03. The number of hydrogen-bond donors (Lipinski definition) is 1. The van der Waals surface area contributed by atoms with Gasteiger partial charge < -0.3 is 5.11 Å². The van der Waals surface area contributed by atoms with Crippen LogP contribution in [0.5, 0.6) is 0 Å². The fourth-order valence-electron chi connectivity index (χ4n) is 1.33. The van der Waals surface area contributed by atoms with Crippen molar-refractivity contribution in [1.82, 2.24) is 19.8 Å². The normalized spacial score (nSPS) is 17.0. The first kappa shape index (κ1) is 7.40. The van der Waals surface area contributed by atoms with Crippen molar-refractivity contribution in [2.24, 2.45) is 0 Å². The number of hydrogen-bond acceptors (Lipinski definition) is 5. The molecule has 0 spiro atoms. The molecule has 0 aromatic carbocycles. The first-order valence-corrected chi connectivity index (χ1v) is 5.02. The van der Waals surface area contributed by atoms with E-state index in [1.807, 2.05) is 0 Å². The Morgan fingerprint density at radius 2 is 2.31 bits per heavy atom. The molecule has 2 heterocycles. The van der Waals surface area contributed by atoms with E-state index in [1.165, 1.54) is 24.2 Å². The standard InChI is InChI=1S/C7H8N4OS/c12-3-5-10-11-6(4-1-2-4)8-9-7(11)13-5/h4,12H,1-3H2. The predicted octanol–water partition coefficient (Wildman–Crippen LogP) is 0.555. The summed E-state index contributed by atoms with van der Waals surface area (Å²) in [7, 11) is 0. The summed E-state index contributed by atoms with van der Waals surface area (Å²) in [6.45, 7) is -0.0157. The molecule has 0 aliphatic heterocycles. The molecule has 0 bridgehead atoms. The second-order valence-corrected chi connectivity index (χ2v) is 4.22. The third kappa shape index (κ3) is 1.06. The summed E-state index contributed by atoms with van der Waals surface area (Å²) in [5, 5.41) is 21.9.